The van der Waals surface area contributed by atoms with Crippen LogP contribution in [0.3, 0.4) is 0 Å². The second-order valence-electron chi connectivity index (χ2n) is 4.64. The Kier molecular flexibility index (Phi) is 3.95. The van der Waals surface area contributed by atoms with Crippen molar-refractivity contribution in [1.29, 1.82) is 0 Å². The van der Waals surface area contributed by atoms with Gasteiger partial charge in [0.2, 0.25) is 0 Å². The topological polar surface area (TPSA) is 45.1 Å². The van der Waals surface area contributed by atoms with Gasteiger partial charge in [0.15, 0.2) is 5.13 Å². The smallest absolute Gasteiger partial charge is 0.183 e. The molecule has 0 fully saturated rings. The Bertz CT molecular complexity index is 658. The molecule has 0 spiro atoms. The van der Waals surface area contributed by atoms with Crippen molar-refractivity contribution in [3.05, 3.63) is 59.7 Å². The van der Waals surface area contributed by atoms with E-state index in [4.69, 9.17) is 5.11 Å². The van der Waals surface area contributed by atoms with E-state index in [1.165, 1.54) is 10.3 Å². The van der Waals surface area contributed by atoms with Crippen molar-refractivity contribution in [3.8, 4) is 0 Å². The summed E-state index contributed by atoms with van der Waals surface area (Å²) in [5.41, 5.74) is 3.26. The number of para-hydroxylation sites is 1. The maximum atomic E-state index is 9.00. The monoisotopic (exact) mass is 284 g/mol. The van der Waals surface area contributed by atoms with Gasteiger partial charge in [0.1, 0.15) is 0 Å². The summed E-state index contributed by atoms with van der Waals surface area (Å²) >= 11 is 1.68. The largest absolute Gasteiger partial charge is 0.392 e. The molecule has 0 saturated heterocycles. The highest BCUT2D eigenvalue weighted by molar-refractivity contribution is 7.22. The minimum Gasteiger partial charge on any atom is -0.392 e. The van der Waals surface area contributed by atoms with Crippen LogP contribution in [0.2, 0.25) is 0 Å². The Hall–Kier alpha value is -1.91. The molecule has 0 aliphatic heterocycles. The van der Waals surface area contributed by atoms with Crippen LogP contribution in [0.4, 0.5) is 5.13 Å². The molecule has 0 amide bonds. The summed E-state index contributed by atoms with van der Waals surface area (Å²) in [4.78, 5) is 4.55. The zero-order chi connectivity index (χ0) is 13.8. The molecule has 2 aromatic carbocycles. The molecule has 1 aromatic heterocycles. The highest BCUT2D eigenvalue weighted by Gasteiger charge is 2.02. The van der Waals surface area contributed by atoms with Gasteiger partial charge in [0.25, 0.3) is 0 Å². The molecule has 0 bridgehead atoms. The number of hydrogen-bond donors (Lipinski definition) is 2. The molecule has 20 heavy (non-hydrogen) atoms. The summed E-state index contributed by atoms with van der Waals surface area (Å²) in [6, 6.07) is 16.2. The van der Waals surface area contributed by atoms with Crippen LogP contribution >= 0.6 is 11.3 Å². The third kappa shape index (κ3) is 2.98. The molecule has 0 aliphatic carbocycles. The Morgan fingerprint density at radius 2 is 1.75 bits per heavy atom. The molecule has 0 radical (unpaired) electrons. The van der Waals surface area contributed by atoms with Crippen LogP contribution in [0.5, 0.6) is 0 Å². The lowest BCUT2D eigenvalue weighted by Gasteiger charge is -2.03. The van der Waals surface area contributed by atoms with E-state index in [9.17, 15) is 0 Å². The first-order chi connectivity index (χ1) is 9.85. The molecule has 3 aromatic rings. The summed E-state index contributed by atoms with van der Waals surface area (Å²) < 4.78 is 1.21. The molecule has 2 N–H and O–H groups in total. The first-order valence-corrected chi connectivity index (χ1v) is 7.45. The zero-order valence-electron chi connectivity index (χ0n) is 11.0. The van der Waals surface area contributed by atoms with Gasteiger partial charge in [0.05, 0.1) is 16.8 Å². The van der Waals surface area contributed by atoms with Gasteiger partial charge in [-0.1, -0.05) is 47.7 Å². The Morgan fingerprint density at radius 1 is 1.00 bits per heavy atom. The number of nitrogens with one attached hydrogen (secondary N) is 1. The number of aliphatic hydroxyl groups excluding tert-OH is 1. The van der Waals surface area contributed by atoms with Gasteiger partial charge in [-0.2, -0.15) is 0 Å². The summed E-state index contributed by atoms with van der Waals surface area (Å²) in [7, 11) is 0. The number of nitrogens with zero attached hydrogens (tertiary/aromatic N) is 1. The maximum Gasteiger partial charge on any atom is 0.183 e. The highest BCUT2D eigenvalue weighted by atomic mass is 32.1. The van der Waals surface area contributed by atoms with E-state index in [-0.39, 0.29) is 6.61 Å². The molecule has 0 unspecified atom stereocenters. The highest BCUT2D eigenvalue weighted by Crippen LogP contribution is 2.25. The normalized spacial score (nSPS) is 10.8. The Labute approximate surface area is 121 Å². The van der Waals surface area contributed by atoms with Gasteiger partial charge in [-0.25, -0.2) is 4.98 Å². The van der Waals surface area contributed by atoms with Crippen molar-refractivity contribution in [2.24, 2.45) is 0 Å². The third-order valence-electron chi connectivity index (χ3n) is 3.19. The second kappa shape index (κ2) is 6.03. The molecule has 3 nitrogen and oxygen atoms in total. The number of aromatic nitrogens is 1. The van der Waals surface area contributed by atoms with E-state index in [1.807, 2.05) is 30.3 Å². The van der Waals surface area contributed by atoms with E-state index in [0.717, 1.165) is 29.2 Å². The molecule has 102 valence electrons. The van der Waals surface area contributed by atoms with E-state index in [0.29, 0.717) is 0 Å². The number of rotatable bonds is 5. The van der Waals surface area contributed by atoms with Crippen LogP contribution in [0.1, 0.15) is 11.1 Å². The lowest BCUT2D eigenvalue weighted by molar-refractivity contribution is 0.282. The van der Waals surface area contributed by atoms with Crippen molar-refractivity contribution in [2.75, 3.05) is 11.9 Å². The van der Waals surface area contributed by atoms with Crippen molar-refractivity contribution < 1.29 is 5.11 Å². The van der Waals surface area contributed by atoms with E-state index < -0.39 is 0 Å². The van der Waals surface area contributed by atoms with Gasteiger partial charge < -0.3 is 10.4 Å². The molecule has 0 aliphatic rings. The van der Waals surface area contributed by atoms with Crippen molar-refractivity contribution in [2.45, 2.75) is 13.0 Å². The van der Waals surface area contributed by atoms with Crippen LogP contribution in [-0.4, -0.2) is 16.6 Å². The van der Waals surface area contributed by atoms with Gasteiger partial charge in [0, 0.05) is 6.54 Å². The molecular weight excluding hydrogens is 268 g/mol. The van der Waals surface area contributed by atoms with Crippen LogP contribution in [0.25, 0.3) is 10.2 Å². The first-order valence-electron chi connectivity index (χ1n) is 6.63. The average Bonchev–Trinajstić information content (AvgIpc) is 2.90. The average molecular weight is 284 g/mol. The van der Waals surface area contributed by atoms with Crippen molar-refractivity contribution in [1.82, 2.24) is 4.98 Å². The number of fused-ring (bicyclic) bond motifs is 1. The van der Waals surface area contributed by atoms with Crippen molar-refractivity contribution >= 4 is 26.7 Å². The first kappa shape index (κ1) is 13.1. The van der Waals surface area contributed by atoms with Crippen LogP contribution in [-0.2, 0) is 13.0 Å². The molecule has 0 atom stereocenters. The van der Waals surface area contributed by atoms with Crippen LogP contribution in [0.15, 0.2) is 48.5 Å². The summed E-state index contributed by atoms with van der Waals surface area (Å²) in [5, 5.41) is 13.3. The standard InChI is InChI=1S/C16H16N2OS/c19-11-13-7-5-12(6-8-13)9-10-17-16-18-14-3-1-2-4-15(14)20-16/h1-8,19H,9-11H2,(H,17,18). The fraction of sp³-hybridized carbons (Fsp3) is 0.188. The molecular formula is C16H16N2OS. The molecule has 0 saturated carbocycles. The minimum atomic E-state index is 0.101. The van der Waals surface area contributed by atoms with Gasteiger partial charge in [-0.15, -0.1) is 0 Å². The van der Waals surface area contributed by atoms with Crippen LogP contribution in [0, 0.1) is 0 Å². The van der Waals surface area contributed by atoms with Gasteiger partial charge >= 0.3 is 0 Å². The van der Waals surface area contributed by atoms with E-state index in [2.05, 4.69) is 28.5 Å². The Morgan fingerprint density at radius 3 is 2.50 bits per heavy atom. The predicted octanol–water partition coefficient (Wildman–Crippen LogP) is 3.44. The number of aliphatic hydroxyl groups is 1. The number of benzene rings is 2. The van der Waals surface area contributed by atoms with E-state index >= 15 is 0 Å². The van der Waals surface area contributed by atoms with Crippen LogP contribution < -0.4 is 5.32 Å². The fourth-order valence-corrected chi connectivity index (χ4v) is 2.96. The summed E-state index contributed by atoms with van der Waals surface area (Å²) in [6.07, 6.45) is 0.946. The minimum absolute atomic E-state index is 0.101. The lowest BCUT2D eigenvalue weighted by atomic mass is 10.1. The molecule has 4 heteroatoms. The summed E-state index contributed by atoms with van der Waals surface area (Å²) in [6.45, 7) is 0.961. The van der Waals surface area contributed by atoms with Crippen molar-refractivity contribution in [3.63, 3.8) is 0 Å². The Balaban J connectivity index is 1.58. The fourth-order valence-electron chi connectivity index (χ4n) is 2.07. The zero-order valence-corrected chi connectivity index (χ0v) is 11.9. The molecule has 1 heterocycles. The maximum absolute atomic E-state index is 9.00. The lowest BCUT2D eigenvalue weighted by Crippen LogP contribution is -2.04. The quantitative estimate of drug-likeness (QED) is 0.754. The SMILES string of the molecule is OCc1ccc(CCNc2nc3ccccc3s2)cc1. The van der Waals surface area contributed by atoms with Gasteiger partial charge in [-0.3, -0.25) is 0 Å². The number of thiazole rings is 1. The van der Waals surface area contributed by atoms with Gasteiger partial charge in [-0.05, 0) is 29.7 Å². The number of hydrogen-bond acceptors (Lipinski definition) is 4. The second-order valence-corrected chi connectivity index (χ2v) is 5.67. The third-order valence-corrected chi connectivity index (χ3v) is 4.18. The predicted molar refractivity (Wildman–Crippen MR) is 84.2 cm³/mol. The molecule has 3 rings (SSSR count). The summed E-state index contributed by atoms with van der Waals surface area (Å²) in [5.74, 6) is 0. The van der Waals surface area contributed by atoms with E-state index in [1.54, 1.807) is 11.3 Å². The number of anilines is 1.